The summed E-state index contributed by atoms with van der Waals surface area (Å²) in [6, 6.07) is -0.588. The van der Waals surface area contributed by atoms with Gasteiger partial charge in [0.25, 0.3) is 0 Å². The van der Waals surface area contributed by atoms with Crippen molar-refractivity contribution in [2.24, 2.45) is 11.7 Å². The van der Waals surface area contributed by atoms with Gasteiger partial charge in [-0.25, -0.2) is 4.79 Å². The van der Waals surface area contributed by atoms with Crippen LogP contribution in [0.5, 0.6) is 0 Å². The molecule has 0 radical (unpaired) electrons. The minimum Gasteiger partial charge on any atom is -0.444 e. The van der Waals surface area contributed by atoms with Crippen LogP contribution in [0.3, 0.4) is 0 Å². The zero-order valence-electron chi connectivity index (χ0n) is 19.2. The summed E-state index contributed by atoms with van der Waals surface area (Å²) in [5.41, 5.74) is 4.86. The molecule has 0 fully saturated rings. The Bertz CT molecular complexity index is 441. The Labute approximate surface area is 177 Å². The summed E-state index contributed by atoms with van der Waals surface area (Å²) in [6.45, 7) is 14.5. The monoisotopic (exact) mass is 415 g/mol. The molecule has 0 saturated carbocycles. The smallest absolute Gasteiger partial charge is 0.408 e. The van der Waals surface area contributed by atoms with E-state index >= 15 is 0 Å². The van der Waals surface area contributed by atoms with E-state index < -0.39 is 17.7 Å². The average molecular weight is 416 g/mol. The third kappa shape index (κ3) is 16.1. The van der Waals surface area contributed by atoms with Crippen LogP contribution in [0, 0.1) is 5.92 Å². The lowest BCUT2D eigenvalue weighted by Crippen LogP contribution is -2.51. The van der Waals surface area contributed by atoms with E-state index in [4.69, 9.17) is 10.5 Å². The Balaban J connectivity index is 3.95. The minimum atomic E-state index is -0.591. The van der Waals surface area contributed by atoms with Crippen molar-refractivity contribution in [3.63, 3.8) is 0 Å². The van der Waals surface area contributed by atoms with Crippen LogP contribution in [-0.4, -0.2) is 62.9 Å². The molecule has 0 aliphatic rings. The van der Waals surface area contributed by atoms with Crippen LogP contribution >= 0.6 is 0 Å². The third-order valence-corrected chi connectivity index (χ3v) is 4.51. The van der Waals surface area contributed by atoms with E-state index in [1.54, 1.807) is 20.8 Å². The SMILES string of the molecule is CCC(C)[C@H](NC(=O)OC(C)(C)C)C(=O)NCCCNCCCCNCCCN. The Hall–Kier alpha value is -1.38. The molecule has 29 heavy (non-hydrogen) atoms. The second-order valence-electron chi connectivity index (χ2n) is 8.50. The fourth-order valence-corrected chi connectivity index (χ4v) is 2.65. The van der Waals surface area contributed by atoms with Gasteiger partial charge in [0.15, 0.2) is 0 Å². The fraction of sp³-hybridized carbons (Fsp3) is 0.905. The van der Waals surface area contributed by atoms with Gasteiger partial charge in [0.05, 0.1) is 0 Å². The number of rotatable bonds is 16. The highest BCUT2D eigenvalue weighted by Gasteiger charge is 2.27. The topological polar surface area (TPSA) is 118 Å². The molecule has 0 aromatic heterocycles. The van der Waals surface area contributed by atoms with Crippen LogP contribution in [0.1, 0.15) is 66.7 Å². The molecule has 0 aliphatic heterocycles. The van der Waals surface area contributed by atoms with Crippen molar-refractivity contribution in [2.45, 2.75) is 78.4 Å². The molecular formula is C21H45N5O3. The van der Waals surface area contributed by atoms with Crippen molar-refractivity contribution in [1.82, 2.24) is 21.3 Å². The Morgan fingerprint density at radius 2 is 1.48 bits per heavy atom. The summed E-state index contributed by atoms with van der Waals surface area (Å²) in [7, 11) is 0. The van der Waals surface area contributed by atoms with Crippen molar-refractivity contribution in [3.8, 4) is 0 Å². The van der Waals surface area contributed by atoms with Gasteiger partial charge in [0, 0.05) is 6.54 Å². The number of nitrogens with two attached hydrogens (primary N) is 1. The van der Waals surface area contributed by atoms with E-state index in [1.807, 2.05) is 13.8 Å². The molecule has 0 rings (SSSR count). The summed E-state index contributed by atoms with van der Waals surface area (Å²) < 4.78 is 5.28. The molecule has 2 atom stereocenters. The Morgan fingerprint density at radius 1 is 0.931 bits per heavy atom. The Morgan fingerprint density at radius 3 is 2.00 bits per heavy atom. The third-order valence-electron chi connectivity index (χ3n) is 4.51. The highest BCUT2D eigenvalue weighted by molar-refractivity contribution is 5.85. The minimum absolute atomic E-state index is 0.0269. The molecule has 8 heteroatoms. The van der Waals surface area contributed by atoms with Gasteiger partial charge >= 0.3 is 6.09 Å². The molecule has 0 saturated heterocycles. The zero-order chi connectivity index (χ0) is 22.1. The molecule has 0 aromatic rings. The fourth-order valence-electron chi connectivity index (χ4n) is 2.65. The van der Waals surface area contributed by atoms with Crippen LogP contribution in [0.2, 0.25) is 0 Å². The quantitative estimate of drug-likeness (QED) is 0.245. The molecule has 0 heterocycles. The van der Waals surface area contributed by atoms with Gasteiger partial charge in [-0.05, 0) is 85.1 Å². The van der Waals surface area contributed by atoms with Crippen LogP contribution in [0.25, 0.3) is 0 Å². The van der Waals surface area contributed by atoms with Gasteiger partial charge in [-0.2, -0.15) is 0 Å². The highest BCUT2D eigenvalue weighted by Crippen LogP contribution is 2.11. The van der Waals surface area contributed by atoms with E-state index in [-0.39, 0.29) is 11.8 Å². The number of unbranched alkanes of at least 4 members (excludes halogenated alkanes) is 1. The number of amides is 2. The largest absolute Gasteiger partial charge is 0.444 e. The van der Waals surface area contributed by atoms with Crippen molar-refractivity contribution in [1.29, 1.82) is 0 Å². The summed E-state index contributed by atoms with van der Waals surface area (Å²) in [4.78, 5) is 24.5. The summed E-state index contributed by atoms with van der Waals surface area (Å²) in [5.74, 6) is -0.132. The first-order valence-electron chi connectivity index (χ1n) is 11.1. The number of hydrogen-bond acceptors (Lipinski definition) is 6. The van der Waals surface area contributed by atoms with Crippen LogP contribution < -0.4 is 27.0 Å². The highest BCUT2D eigenvalue weighted by atomic mass is 16.6. The number of carbonyl (C=O) groups is 2. The number of nitrogens with one attached hydrogen (secondary N) is 4. The first-order valence-corrected chi connectivity index (χ1v) is 11.1. The maximum absolute atomic E-state index is 12.5. The lowest BCUT2D eigenvalue weighted by Gasteiger charge is -2.26. The van der Waals surface area contributed by atoms with Crippen molar-refractivity contribution in [2.75, 3.05) is 39.3 Å². The van der Waals surface area contributed by atoms with Crippen molar-refractivity contribution < 1.29 is 14.3 Å². The average Bonchev–Trinajstić information content (AvgIpc) is 2.64. The molecule has 2 amide bonds. The van der Waals surface area contributed by atoms with E-state index in [2.05, 4.69) is 21.3 Å². The predicted molar refractivity (Wildman–Crippen MR) is 119 cm³/mol. The van der Waals surface area contributed by atoms with E-state index in [0.717, 1.165) is 64.8 Å². The molecule has 0 bridgehead atoms. The lowest BCUT2D eigenvalue weighted by molar-refractivity contribution is -0.124. The molecule has 0 aliphatic carbocycles. The first-order chi connectivity index (χ1) is 13.7. The number of carbonyl (C=O) groups excluding carboxylic acids is 2. The predicted octanol–water partition coefficient (Wildman–Crippen LogP) is 1.74. The molecular weight excluding hydrogens is 370 g/mol. The Kier molecular flexibility index (Phi) is 15.6. The normalized spacial score (nSPS) is 13.6. The van der Waals surface area contributed by atoms with Gasteiger partial charge in [0.2, 0.25) is 5.91 Å². The van der Waals surface area contributed by atoms with Gasteiger partial charge < -0.3 is 31.7 Å². The van der Waals surface area contributed by atoms with Crippen LogP contribution in [0.15, 0.2) is 0 Å². The summed E-state index contributed by atoms with van der Waals surface area (Å²) in [5, 5.41) is 12.4. The first kappa shape index (κ1) is 27.6. The molecule has 0 aromatic carbocycles. The van der Waals surface area contributed by atoms with Crippen molar-refractivity contribution in [3.05, 3.63) is 0 Å². The van der Waals surface area contributed by atoms with Gasteiger partial charge in [-0.15, -0.1) is 0 Å². The van der Waals surface area contributed by atoms with Crippen LogP contribution in [0.4, 0.5) is 4.79 Å². The van der Waals surface area contributed by atoms with Crippen molar-refractivity contribution >= 4 is 12.0 Å². The zero-order valence-corrected chi connectivity index (χ0v) is 19.2. The molecule has 8 nitrogen and oxygen atoms in total. The molecule has 172 valence electrons. The second kappa shape index (κ2) is 16.4. The van der Waals surface area contributed by atoms with E-state index in [9.17, 15) is 9.59 Å². The number of hydrogen-bond donors (Lipinski definition) is 5. The number of ether oxygens (including phenoxy) is 1. The van der Waals surface area contributed by atoms with E-state index in [1.165, 1.54) is 0 Å². The number of alkyl carbamates (subject to hydrolysis) is 1. The van der Waals surface area contributed by atoms with E-state index in [0.29, 0.717) is 6.54 Å². The molecule has 0 spiro atoms. The molecule has 6 N–H and O–H groups in total. The summed E-state index contributed by atoms with van der Waals surface area (Å²) >= 11 is 0. The second-order valence-corrected chi connectivity index (χ2v) is 8.50. The summed E-state index contributed by atoms with van der Waals surface area (Å²) in [6.07, 6.45) is 4.36. The maximum Gasteiger partial charge on any atom is 0.408 e. The standard InChI is InChI=1S/C21H45N5O3/c1-6-17(2)18(26-20(28)29-21(3,4)5)19(27)25-16-10-15-24-13-8-7-12-23-14-9-11-22/h17-18,23-24H,6-16,22H2,1-5H3,(H,25,27)(H,26,28)/t17?,18-/m0/s1. The maximum atomic E-state index is 12.5. The van der Waals surface area contributed by atoms with Gasteiger partial charge in [0.1, 0.15) is 11.6 Å². The van der Waals surface area contributed by atoms with Crippen LogP contribution in [-0.2, 0) is 9.53 Å². The molecule has 1 unspecified atom stereocenters. The lowest BCUT2D eigenvalue weighted by atomic mass is 9.98. The van der Waals surface area contributed by atoms with Gasteiger partial charge in [-0.3, -0.25) is 4.79 Å². The van der Waals surface area contributed by atoms with Gasteiger partial charge in [-0.1, -0.05) is 20.3 Å².